The molecule has 0 atom stereocenters. The number of hydrogen-bond donors (Lipinski definition) is 1. The predicted molar refractivity (Wildman–Crippen MR) is 65.3 cm³/mol. The second-order valence-corrected chi connectivity index (χ2v) is 3.61. The van der Waals surface area contributed by atoms with Crippen LogP contribution >= 0.6 is 0 Å². The summed E-state index contributed by atoms with van der Waals surface area (Å²) in [6.07, 6.45) is 1.72. The molecular weight excluding hydrogens is 218 g/mol. The summed E-state index contributed by atoms with van der Waals surface area (Å²) in [5.74, 6) is -0.150. The third-order valence-electron chi connectivity index (χ3n) is 2.19. The highest BCUT2D eigenvalue weighted by molar-refractivity contribution is 5.94. The molecule has 0 bridgehead atoms. The molecule has 1 N–H and O–H groups in total. The monoisotopic (exact) mass is 235 g/mol. The molecule has 4 nitrogen and oxygen atoms in total. The van der Waals surface area contributed by atoms with E-state index in [0.29, 0.717) is 30.9 Å². The zero-order valence-electron chi connectivity index (χ0n) is 9.94. The van der Waals surface area contributed by atoms with Crippen molar-refractivity contribution in [3.8, 4) is 0 Å². The van der Waals surface area contributed by atoms with Crippen LogP contribution in [0, 0.1) is 0 Å². The van der Waals surface area contributed by atoms with Crippen LogP contribution in [-0.4, -0.2) is 32.0 Å². The van der Waals surface area contributed by atoms with Gasteiger partial charge >= 0.3 is 0 Å². The first-order valence-electron chi connectivity index (χ1n) is 5.69. The predicted octanol–water partition coefficient (Wildman–Crippen LogP) is 1.66. The minimum Gasteiger partial charge on any atom is -0.380 e. The summed E-state index contributed by atoms with van der Waals surface area (Å²) in [6.45, 7) is 3.76. The normalized spacial score (nSPS) is 9.94. The van der Waals surface area contributed by atoms with Crippen LogP contribution in [0.4, 0.5) is 0 Å². The Hall–Kier alpha value is -1.68. The molecule has 0 aliphatic rings. The average molecular weight is 235 g/mol. The fourth-order valence-electron chi connectivity index (χ4n) is 1.30. The van der Waals surface area contributed by atoms with Crippen molar-refractivity contribution in [2.75, 3.05) is 19.8 Å². The van der Waals surface area contributed by atoms with E-state index < -0.39 is 0 Å². The Labute approximate surface area is 101 Å². The maximum Gasteiger partial charge on any atom is 0.251 e. The molecule has 0 aliphatic heterocycles. The molecule has 0 radical (unpaired) electrons. The number of ether oxygens (including phenoxy) is 1. The van der Waals surface area contributed by atoms with Crippen LogP contribution in [0.1, 0.15) is 34.1 Å². The number of nitrogens with one attached hydrogen (secondary N) is 1. The van der Waals surface area contributed by atoms with Gasteiger partial charge in [-0.25, -0.2) is 0 Å². The molecule has 1 amide bonds. The van der Waals surface area contributed by atoms with E-state index in [0.717, 1.165) is 12.7 Å². The molecule has 4 heteroatoms. The first kappa shape index (κ1) is 13.4. The topological polar surface area (TPSA) is 55.4 Å². The second kappa shape index (κ2) is 7.57. The summed E-state index contributed by atoms with van der Waals surface area (Å²) in [6, 6.07) is 6.50. The first-order valence-corrected chi connectivity index (χ1v) is 5.69. The van der Waals surface area contributed by atoms with Gasteiger partial charge in [-0.05, 0) is 18.6 Å². The zero-order chi connectivity index (χ0) is 12.5. The van der Waals surface area contributed by atoms with E-state index in [2.05, 4.69) is 5.32 Å². The molecule has 0 fully saturated rings. The number of amides is 1. The van der Waals surface area contributed by atoms with Crippen LogP contribution in [0.15, 0.2) is 24.3 Å². The number of rotatable bonds is 7. The molecule has 0 saturated heterocycles. The molecule has 1 aromatic carbocycles. The summed E-state index contributed by atoms with van der Waals surface area (Å²) in [4.78, 5) is 22.1. The summed E-state index contributed by atoms with van der Waals surface area (Å²) < 4.78 is 5.24. The Morgan fingerprint density at radius 2 is 2.00 bits per heavy atom. The number of hydrogen-bond acceptors (Lipinski definition) is 3. The Bertz CT molecular complexity index is 359. The van der Waals surface area contributed by atoms with Gasteiger partial charge in [0.2, 0.25) is 0 Å². The van der Waals surface area contributed by atoms with E-state index in [1.54, 1.807) is 24.3 Å². The van der Waals surface area contributed by atoms with Crippen molar-refractivity contribution >= 4 is 12.2 Å². The van der Waals surface area contributed by atoms with Crippen molar-refractivity contribution in [3.05, 3.63) is 35.4 Å². The molecule has 1 aromatic rings. The number of aldehydes is 1. The van der Waals surface area contributed by atoms with Gasteiger partial charge < -0.3 is 10.1 Å². The Morgan fingerprint density at radius 1 is 1.29 bits per heavy atom. The molecule has 0 saturated carbocycles. The molecule has 1 rings (SSSR count). The van der Waals surface area contributed by atoms with Crippen LogP contribution in [0.3, 0.4) is 0 Å². The Balaban J connectivity index is 2.33. The Morgan fingerprint density at radius 3 is 2.59 bits per heavy atom. The lowest BCUT2D eigenvalue weighted by Gasteiger charge is -2.05. The maximum absolute atomic E-state index is 11.6. The van der Waals surface area contributed by atoms with Crippen molar-refractivity contribution in [2.24, 2.45) is 0 Å². The number of carbonyl (C=O) groups excluding carboxylic acids is 2. The van der Waals surface area contributed by atoms with Gasteiger partial charge in [-0.15, -0.1) is 0 Å². The fraction of sp³-hybridized carbons (Fsp3) is 0.385. The maximum atomic E-state index is 11.6. The SMILES string of the molecule is CCCOCCNC(=O)c1ccc(C=O)cc1. The van der Waals surface area contributed by atoms with E-state index in [1.165, 1.54) is 0 Å². The highest BCUT2D eigenvalue weighted by Crippen LogP contribution is 2.01. The van der Waals surface area contributed by atoms with E-state index in [4.69, 9.17) is 4.74 Å². The van der Waals surface area contributed by atoms with Gasteiger partial charge in [0, 0.05) is 24.3 Å². The standard InChI is InChI=1S/C13H17NO3/c1-2-8-17-9-7-14-13(16)12-5-3-11(10-15)4-6-12/h3-6,10H,2,7-9H2,1H3,(H,14,16). The van der Waals surface area contributed by atoms with Crippen molar-refractivity contribution in [3.63, 3.8) is 0 Å². The number of carbonyl (C=O) groups is 2. The third-order valence-corrected chi connectivity index (χ3v) is 2.19. The lowest BCUT2D eigenvalue weighted by molar-refractivity contribution is 0.0915. The van der Waals surface area contributed by atoms with Gasteiger partial charge in [0.15, 0.2) is 0 Å². The van der Waals surface area contributed by atoms with Crippen molar-refractivity contribution in [1.29, 1.82) is 0 Å². The molecule has 0 aromatic heterocycles. The molecule has 17 heavy (non-hydrogen) atoms. The molecule has 0 aliphatic carbocycles. The lowest BCUT2D eigenvalue weighted by atomic mass is 10.1. The summed E-state index contributed by atoms with van der Waals surface area (Å²) in [5, 5.41) is 2.74. The van der Waals surface area contributed by atoms with Gasteiger partial charge in [0.1, 0.15) is 6.29 Å². The molecule has 0 unspecified atom stereocenters. The van der Waals surface area contributed by atoms with Gasteiger partial charge in [0.05, 0.1) is 6.61 Å². The highest BCUT2D eigenvalue weighted by Gasteiger charge is 2.03. The number of benzene rings is 1. The zero-order valence-corrected chi connectivity index (χ0v) is 9.94. The summed E-state index contributed by atoms with van der Waals surface area (Å²) in [7, 11) is 0. The largest absolute Gasteiger partial charge is 0.380 e. The van der Waals surface area contributed by atoms with E-state index in [-0.39, 0.29) is 5.91 Å². The van der Waals surface area contributed by atoms with Gasteiger partial charge in [-0.2, -0.15) is 0 Å². The van der Waals surface area contributed by atoms with E-state index >= 15 is 0 Å². The first-order chi connectivity index (χ1) is 8.27. The van der Waals surface area contributed by atoms with Crippen molar-refractivity contribution in [2.45, 2.75) is 13.3 Å². The van der Waals surface area contributed by atoms with Crippen LogP contribution in [-0.2, 0) is 4.74 Å². The second-order valence-electron chi connectivity index (χ2n) is 3.61. The lowest BCUT2D eigenvalue weighted by Crippen LogP contribution is -2.27. The van der Waals surface area contributed by atoms with E-state index in [9.17, 15) is 9.59 Å². The smallest absolute Gasteiger partial charge is 0.251 e. The van der Waals surface area contributed by atoms with Gasteiger partial charge in [-0.3, -0.25) is 9.59 Å². The van der Waals surface area contributed by atoms with Gasteiger partial charge in [0.25, 0.3) is 5.91 Å². The minimum absolute atomic E-state index is 0.150. The van der Waals surface area contributed by atoms with Gasteiger partial charge in [-0.1, -0.05) is 19.1 Å². The highest BCUT2D eigenvalue weighted by atomic mass is 16.5. The van der Waals surface area contributed by atoms with Crippen LogP contribution < -0.4 is 5.32 Å². The summed E-state index contributed by atoms with van der Waals surface area (Å²) in [5.41, 5.74) is 1.11. The van der Waals surface area contributed by atoms with Crippen molar-refractivity contribution < 1.29 is 14.3 Å². The average Bonchev–Trinajstić information content (AvgIpc) is 2.38. The van der Waals surface area contributed by atoms with Crippen LogP contribution in [0.5, 0.6) is 0 Å². The Kier molecular flexibility index (Phi) is 5.96. The van der Waals surface area contributed by atoms with Crippen LogP contribution in [0.25, 0.3) is 0 Å². The third kappa shape index (κ3) is 4.78. The molecule has 92 valence electrons. The quantitative estimate of drug-likeness (QED) is 0.577. The van der Waals surface area contributed by atoms with Crippen molar-refractivity contribution in [1.82, 2.24) is 5.32 Å². The fourth-order valence-corrected chi connectivity index (χ4v) is 1.30. The van der Waals surface area contributed by atoms with Crippen LogP contribution in [0.2, 0.25) is 0 Å². The molecular formula is C13H17NO3. The van der Waals surface area contributed by atoms with E-state index in [1.807, 2.05) is 6.92 Å². The minimum atomic E-state index is -0.150. The molecule has 0 heterocycles. The molecule has 0 spiro atoms. The summed E-state index contributed by atoms with van der Waals surface area (Å²) >= 11 is 0.